The second kappa shape index (κ2) is 20.6. The molecule has 2 nitrogen and oxygen atoms in total. The van der Waals surface area contributed by atoms with Gasteiger partial charge in [-0.25, -0.2) is 0 Å². The molecule has 0 saturated heterocycles. The lowest BCUT2D eigenvalue weighted by Gasteiger charge is -2.43. The maximum absolute atomic E-state index is 2.57. The van der Waals surface area contributed by atoms with Crippen molar-refractivity contribution in [2.24, 2.45) is 0 Å². The molecule has 16 aromatic carbocycles. The first-order valence-corrected chi connectivity index (χ1v) is 32.3. The zero-order chi connectivity index (χ0) is 61.4. The number of anilines is 6. The molecule has 0 aromatic heterocycles. The SMILES string of the molecule is CC1(C)c2ccccc2N(c2ccccc2)c2cccc(-c3cccc4c(-c5c6cccc(-c7ccc8ccccc8c7)c6cc6c(-c7ccc8ccccc8c7)cccc56)c5cccc(-c6cccc7c6C(C)(C)c6ccccc6N7c6ccccc6)c5cc34)c21. The van der Waals surface area contributed by atoms with E-state index in [0.29, 0.717) is 0 Å². The Kier molecular flexibility index (Phi) is 12.0. The zero-order valence-electron chi connectivity index (χ0n) is 51.9. The summed E-state index contributed by atoms with van der Waals surface area (Å²) in [6, 6.07) is 119. The standard InChI is InChI=1S/C90H64N2/c1-89(2)79-43-15-17-45-81(79)91(63-29-7-5-8-30-63)83-47-23-41-73(87(83)89)67-35-21-39-71-77(67)56-78-68(74-42-24-48-84-88(74)90(3,4)80-44-16-18-46-82(80)92(84)64-31-9-6-10-32-64)36-22-40-72(78)86(71)85-69-37-19-33-65(61-51-49-57-25-11-13-27-59(57)53-61)75(69)55-76-66(34-20-38-70(76)85)62-52-50-58-26-12-14-28-60(58)54-62/h5-56H,1-4H3. The number of fused-ring (bicyclic) bond motifs is 10. The van der Waals surface area contributed by atoms with Gasteiger partial charge in [-0.15, -0.1) is 0 Å². The molecule has 434 valence electrons. The molecule has 0 unspecified atom stereocenters. The highest BCUT2D eigenvalue weighted by atomic mass is 15.2. The maximum Gasteiger partial charge on any atom is 0.0508 e. The van der Waals surface area contributed by atoms with E-state index in [-0.39, 0.29) is 10.8 Å². The molecular weight excluding hydrogens is 1110 g/mol. The van der Waals surface area contributed by atoms with Gasteiger partial charge in [0.15, 0.2) is 0 Å². The molecule has 2 aliphatic rings. The van der Waals surface area contributed by atoms with Crippen LogP contribution in [0.3, 0.4) is 0 Å². The average Bonchev–Trinajstić information content (AvgIpc) is 0.723. The average molecular weight is 1170 g/mol. The molecule has 0 N–H and O–H groups in total. The Labute approximate surface area is 537 Å². The highest BCUT2D eigenvalue weighted by Crippen LogP contribution is 2.59. The molecule has 92 heavy (non-hydrogen) atoms. The van der Waals surface area contributed by atoms with Crippen LogP contribution in [0.15, 0.2) is 315 Å². The minimum atomic E-state index is -0.374. The van der Waals surface area contributed by atoms with Gasteiger partial charge >= 0.3 is 0 Å². The Bertz CT molecular complexity index is 5370. The molecule has 2 heterocycles. The van der Waals surface area contributed by atoms with E-state index in [0.717, 1.165) is 11.4 Å². The van der Waals surface area contributed by atoms with E-state index in [1.807, 2.05) is 0 Å². The number of para-hydroxylation sites is 4. The molecule has 0 spiro atoms. The van der Waals surface area contributed by atoms with Crippen molar-refractivity contribution in [3.63, 3.8) is 0 Å². The highest BCUT2D eigenvalue weighted by Gasteiger charge is 2.41. The van der Waals surface area contributed by atoms with Crippen molar-refractivity contribution in [2.75, 3.05) is 9.80 Å². The van der Waals surface area contributed by atoms with Crippen molar-refractivity contribution in [1.82, 2.24) is 0 Å². The van der Waals surface area contributed by atoms with E-state index in [1.54, 1.807) is 0 Å². The molecule has 0 bridgehead atoms. The lowest BCUT2D eigenvalue weighted by Crippen LogP contribution is -2.31. The van der Waals surface area contributed by atoms with Crippen molar-refractivity contribution in [3.05, 3.63) is 338 Å². The van der Waals surface area contributed by atoms with Crippen LogP contribution in [0.25, 0.3) is 120 Å². The second-order valence-corrected chi connectivity index (χ2v) is 26.3. The van der Waals surface area contributed by atoms with Gasteiger partial charge in [-0.2, -0.15) is 0 Å². The van der Waals surface area contributed by atoms with Crippen molar-refractivity contribution in [3.8, 4) is 55.6 Å². The van der Waals surface area contributed by atoms with E-state index in [2.05, 4.69) is 353 Å². The molecule has 2 heteroatoms. The summed E-state index contributed by atoms with van der Waals surface area (Å²) in [4.78, 5) is 4.98. The summed E-state index contributed by atoms with van der Waals surface area (Å²) in [6.07, 6.45) is 0. The Morgan fingerprint density at radius 3 is 0.946 bits per heavy atom. The molecule has 16 aromatic rings. The monoisotopic (exact) mass is 1170 g/mol. The van der Waals surface area contributed by atoms with Crippen molar-refractivity contribution < 1.29 is 0 Å². The van der Waals surface area contributed by atoms with E-state index in [9.17, 15) is 0 Å². The largest absolute Gasteiger partial charge is 0.310 e. The molecule has 2 aliphatic heterocycles. The zero-order valence-corrected chi connectivity index (χ0v) is 51.9. The third-order valence-electron chi connectivity index (χ3n) is 20.5. The number of rotatable bonds is 7. The van der Waals surface area contributed by atoms with Crippen LogP contribution in [-0.4, -0.2) is 0 Å². The molecule has 0 atom stereocenters. The molecule has 18 rings (SSSR count). The Morgan fingerprint density at radius 1 is 0.217 bits per heavy atom. The normalized spacial score (nSPS) is 13.8. The van der Waals surface area contributed by atoms with Gasteiger partial charge in [-0.1, -0.05) is 270 Å². The maximum atomic E-state index is 2.57. The summed E-state index contributed by atoms with van der Waals surface area (Å²) < 4.78 is 0. The van der Waals surface area contributed by atoms with Crippen LogP contribution in [0, 0.1) is 0 Å². The van der Waals surface area contributed by atoms with Crippen LogP contribution in [0.1, 0.15) is 49.9 Å². The van der Waals surface area contributed by atoms with Gasteiger partial charge in [-0.05, 0) is 215 Å². The third kappa shape index (κ3) is 8.06. The minimum absolute atomic E-state index is 0.374. The quantitative estimate of drug-likeness (QED) is 0.147. The lowest BCUT2D eigenvalue weighted by atomic mass is 9.70. The molecular formula is C90H64N2. The fraction of sp³-hybridized carbons (Fsp3) is 0.0667. The predicted octanol–water partition coefficient (Wildman–Crippen LogP) is 25.2. The molecule has 0 saturated carbocycles. The summed E-state index contributed by atoms with van der Waals surface area (Å²) in [5.41, 5.74) is 23.7. The van der Waals surface area contributed by atoms with Crippen LogP contribution in [-0.2, 0) is 10.8 Å². The summed E-state index contributed by atoms with van der Waals surface area (Å²) in [7, 11) is 0. The summed E-state index contributed by atoms with van der Waals surface area (Å²) in [5, 5.41) is 14.6. The molecule has 0 amide bonds. The van der Waals surface area contributed by atoms with E-state index in [4.69, 9.17) is 0 Å². The number of benzene rings is 16. The summed E-state index contributed by atoms with van der Waals surface area (Å²) in [6.45, 7) is 9.72. The Morgan fingerprint density at radius 2 is 0.533 bits per heavy atom. The predicted molar refractivity (Wildman–Crippen MR) is 392 cm³/mol. The summed E-state index contributed by atoms with van der Waals surface area (Å²) >= 11 is 0. The van der Waals surface area contributed by atoms with Crippen LogP contribution in [0.4, 0.5) is 34.1 Å². The van der Waals surface area contributed by atoms with Gasteiger partial charge in [0, 0.05) is 22.2 Å². The van der Waals surface area contributed by atoms with Crippen LogP contribution < -0.4 is 9.80 Å². The smallest absolute Gasteiger partial charge is 0.0508 e. The van der Waals surface area contributed by atoms with Gasteiger partial charge in [0.1, 0.15) is 0 Å². The van der Waals surface area contributed by atoms with Crippen molar-refractivity contribution in [2.45, 2.75) is 38.5 Å². The number of hydrogen-bond acceptors (Lipinski definition) is 2. The van der Waals surface area contributed by atoms with E-state index in [1.165, 1.54) is 165 Å². The molecule has 0 radical (unpaired) electrons. The van der Waals surface area contributed by atoms with E-state index < -0.39 is 0 Å². The highest BCUT2D eigenvalue weighted by molar-refractivity contribution is 6.28. The topological polar surface area (TPSA) is 6.48 Å². The first-order valence-electron chi connectivity index (χ1n) is 32.3. The fourth-order valence-corrected chi connectivity index (χ4v) is 16.4. The van der Waals surface area contributed by atoms with E-state index >= 15 is 0 Å². The third-order valence-corrected chi connectivity index (χ3v) is 20.5. The molecule has 0 aliphatic carbocycles. The number of nitrogens with zero attached hydrogens (tertiary/aromatic N) is 2. The van der Waals surface area contributed by atoms with Crippen molar-refractivity contribution in [1.29, 1.82) is 0 Å². The van der Waals surface area contributed by atoms with Crippen LogP contribution >= 0.6 is 0 Å². The van der Waals surface area contributed by atoms with Crippen molar-refractivity contribution >= 4 is 98.8 Å². The van der Waals surface area contributed by atoms with Crippen LogP contribution in [0.2, 0.25) is 0 Å². The van der Waals surface area contributed by atoms with Gasteiger partial charge in [0.2, 0.25) is 0 Å². The van der Waals surface area contributed by atoms with Crippen LogP contribution in [0.5, 0.6) is 0 Å². The fourth-order valence-electron chi connectivity index (χ4n) is 16.4. The Balaban J connectivity index is 0.993. The lowest BCUT2D eigenvalue weighted by molar-refractivity contribution is 0.633. The van der Waals surface area contributed by atoms with Gasteiger partial charge in [0.25, 0.3) is 0 Å². The second-order valence-electron chi connectivity index (χ2n) is 26.3. The molecule has 0 fully saturated rings. The van der Waals surface area contributed by atoms with Gasteiger partial charge < -0.3 is 9.80 Å². The number of hydrogen-bond donors (Lipinski definition) is 0. The first-order chi connectivity index (χ1) is 45.2. The minimum Gasteiger partial charge on any atom is -0.310 e. The summed E-state index contributed by atoms with van der Waals surface area (Å²) in [5.74, 6) is 0. The first kappa shape index (κ1) is 53.7. The Hall–Kier alpha value is -11.3. The van der Waals surface area contributed by atoms with Gasteiger partial charge in [-0.3, -0.25) is 0 Å². The van der Waals surface area contributed by atoms with Gasteiger partial charge in [0.05, 0.1) is 22.7 Å².